The molecule has 1 N–H and O–H groups in total. The Balaban J connectivity index is 2.94. The molecule has 16 heavy (non-hydrogen) atoms. The Morgan fingerprint density at radius 2 is 2.00 bits per heavy atom. The smallest absolute Gasteiger partial charge is 0.388 e. The zero-order valence-electron chi connectivity index (χ0n) is 9.15. The lowest BCUT2D eigenvalue weighted by atomic mass is 9.90. The van der Waals surface area contributed by atoms with E-state index in [1.165, 1.54) is 21.9 Å². The van der Waals surface area contributed by atoms with Crippen LogP contribution in [0.2, 0.25) is 0 Å². The van der Waals surface area contributed by atoms with Crippen LogP contribution in [0.1, 0.15) is 6.92 Å². The van der Waals surface area contributed by atoms with Crippen molar-refractivity contribution in [2.24, 2.45) is 0 Å². The minimum absolute atomic E-state index is 0.624. The van der Waals surface area contributed by atoms with Crippen LogP contribution in [0.5, 0.6) is 0 Å². The molecule has 1 heterocycles. The van der Waals surface area contributed by atoms with Crippen molar-refractivity contribution in [3.8, 4) is 0 Å². The highest BCUT2D eigenvalue weighted by atomic mass is 19.4. The average Bonchev–Trinajstić information content (AvgIpc) is 2.36. The van der Waals surface area contributed by atoms with E-state index in [0.717, 1.165) is 0 Å². The quantitative estimate of drug-likeness (QED) is 0.604. The topological polar surface area (TPSA) is 49.8 Å². The summed E-state index contributed by atoms with van der Waals surface area (Å²) < 4.78 is 41.8. The summed E-state index contributed by atoms with van der Waals surface area (Å²) in [5.74, 6) is -2.74. The van der Waals surface area contributed by atoms with Crippen LogP contribution in [0.15, 0.2) is 0 Å². The zero-order valence-corrected chi connectivity index (χ0v) is 9.15. The first-order valence-corrected chi connectivity index (χ1v) is 4.82. The fraction of sp³-hybridized carbons (Fsp3) is 0.875. The van der Waals surface area contributed by atoms with Crippen LogP contribution in [-0.2, 0) is 9.53 Å². The minimum atomic E-state index is -4.93. The Morgan fingerprint density at radius 1 is 1.50 bits per heavy atom. The Bertz CT molecular complexity index is 286. The minimum Gasteiger partial charge on any atom is -0.388 e. The molecule has 1 rings (SSSR count). The van der Waals surface area contributed by atoms with Gasteiger partial charge in [-0.15, -0.1) is 0 Å². The average molecular weight is 239 g/mol. The normalized spacial score (nSPS) is 35.5. The summed E-state index contributed by atoms with van der Waals surface area (Å²) in [4.78, 5) is 11.8. The lowest BCUT2D eigenvalue weighted by Crippen LogP contribution is -2.49. The molecule has 0 aliphatic carbocycles. The van der Waals surface area contributed by atoms with Crippen molar-refractivity contribution >= 4 is 13.8 Å². The molecule has 4 nitrogen and oxygen atoms in total. The molecule has 0 saturated carbocycles. The lowest BCUT2D eigenvalue weighted by Gasteiger charge is -2.27. The van der Waals surface area contributed by atoms with Crippen molar-refractivity contribution in [1.82, 2.24) is 4.90 Å². The zero-order chi connectivity index (χ0) is 12.7. The van der Waals surface area contributed by atoms with E-state index in [1.807, 2.05) is 0 Å². The number of likely N-dealkylation sites (tertiary alicyclic amines) is 1. The molecule has 0 radical (unpaired) electrons. The molecule has 0 aromatic heterocycles. The number of hydrogen-bond donors (Lipinski definition) is 1. The van der Waals surface area contributed by atoms with E-state index in [9.17, 15) is 23.1 Å². The van der Waals surface area contributed by atoms with E-state index in [0.29, 0.717) is 4.90 Å². The lowest BCUT2D eigenvalue weighted by molar-refractivity contribution is -0.187. The molecule has 1 aliphatic rings. The first-order valence-electron chi connectivity index (χ1n) is 4.82. The van der Waals surface area contributed by atoms with Gasteiger partial charge in [0.1, 0.15) is 14.0 Å². The first-order chi connectivity index (χ1) is 7.21. The van der Waals surface area contributed by atoms with Crippen molar-refractivity contribution in [3.63, 3.8) is 0 Å². The summed E-state index contributed by atoms with van der Waals surface area (Å²) in [6, 6.07) is -0.908. The van der Waals surface area contributed by atoms with Gasteiger partial charge in [0.25, 0.3) is 0 Å². The molecule has 0 unspecified atom stereocenters. The van der Waals surface area contributed by atoms with Crippen molar-refractivity contribution in [3.05, 3.63) is 0 Å². The van der Waals surface area contributed by atoms with Gasteiger partial charge in [-0.25, -0.2) is 0 Å². The number of hydrogen-bond acceptors (Lipinski definition) is 3. The van der Waals surface area contributed by atoms with Gasteiger partial charge in [-0.05, 0) is 6.92 Å². The maximum atomic E-state index is 12.3. The van der Waals surface area contributed by atoms with E-state index >= 15 is 0 Å². The van der Waals surface area contributed by atoms with Crippen LogP contribution >= 0.6 is 0 Å². The van der Waals surface area contributed by atoms with Crippen LogP contribution in [0.25, 0.3) is 0 Å². The fourth-order valence-electron chi connectivity index (χ4n) is 2.11. The van der Waals surface area contributed by atoms with Crippen molar-refractivity contribution in [2.75, 3.05) is 7.11 Å². The summed E-state index contributed by atoms with van der Waals surface area (Å²) in [6.07, 6.45) is -6.82. The molecule has 8 heteroatoms. The highest BCUT2D eigenvalue weighted by Gasteiger charge is 2.53. The van der Waals surface area contributed by atoms with Crippen molar-refractivity contribution in [2.45, 2.75) is 37.3 Å². The van der Waals surface area contributed by atoms with E-state index in [-0.39, 0.29) is 0 Å². The van der Waals surface area contributed by atoms with Crippen LogP contribution in [0.4, 0.5) is 13.2 Å². The summed E-state index contributed by atoms with van der Waals surface area (Å²) >= 11 is 0. The number of carbonyl (C=O) groups is 1. The molecule has 0 aromatic carbocycles. The van der Waals surface area contributed by atoms with Gasteiger partial charge in [0.15, 0.2) is 0 Å². The summed E-state index contributed by atoms with van der Waals surface area (Å²) in [5.41, 5.74) is 0. The Kier molecular flexibility index (Phi) is 3.54. The molecule has 1 aliphatic heterocycles. The van der Waals surface area contributed by atoms with E-state index in [4.69, 9.17) is 4.74 Å². The Hall–Kier alpha value is -0.755. The molecule has 92 valence electrons. The van der Waals surface area contributed by atoms with Crippen LogP contribution < -0.4 is 0 Å². The first kappa shape index (κ1) is 13.3. The molecule has 1 amide bonds. The molecular weight excluding hydrogens is 226 g/mol. The predicted octanol–water partition coefficient (Wildman–Crippen LogP) is -0.886. The highest BCUT2D eigenvalue weighted by molar-refractivity contribution is 6.14. The molecule has 0 bridgehead atoms. The number of nitrogens with zero attached hydrogens (tertiary/aromatic N) is 1. The number of aliphatic hydroxyl groups is 1. The highest BCUT2D eigenvalue weighted by Crippen LogP contribution is 2.30. The largest absolute Gasteiger partial charge is 0.471 e. The number of halogens is 3. The number of carbonyl (C=O) groups excluding carboxylic acids is 1. The predicted molar refractivity (Wildman–Crippen MR) is 51.5 cm³/mol. The maximum absolute atomic E-state index is 12.3. The fourth-order valence-corrected chi connectivity index (χ4v) is 2.11. The van der Waals surface area contributed by atoms with Gasteiger partial charge in [-0.3, -0.25) is 4.79 Å². The van der Waals surface area contributed by atoms with Crippen LogP contribution in [0.3, 0.4) is 0 Å². The van der Waals surface area contributed by atoms with Gasteiger partial charge in [0.05, 0.1) is 12.1 Å². The molecule has 1 fully saturated rings. The number of ether oxygens (including phenoxy) is 1. The third-order valence-electron chi connectivity index (χ3n) is 2.93. The van der Waals surface area contributed by atoms with Gasteiger partial charge in [-0.1, -0.05) is 0 Å². The molecule has 4 atom stereocenters. The second kappa shape index (κ2) is 4.25. The standard InChI is InChI=1S/C8H13BF3NO3/c1-3-4(14)5(16-2)6(9)13(3)7(15)8(10,11)12/h3-6,14H,9H2,1-2H3/t3-,4-,5+,6-/m1/s1. The van der Waals surface area contributed by atoms with Gasteiger partial charge in [0.2, 0.25) is 0 Å². The third-order valence-corrected chi connectivity index (χ3v) is 2.93. The number of amides is 1. The summed E-state index contributed by atoms with van der Waals surface area (Å²) in [6.45, 7) is 1.36. The maximum Gasteiger partial charge on any atom is 0.471 e. The second-order valence-electron chi connectivity index (χ2n) is 3.88. The number of rotatable bonds is 1. The van der Waals surface area contributed by atoms with Crippen molar-refractivity contribution in [1.29, 1.82) is 0 Å². The van der Waals surface area contributed by atoms with Crippen LogP contribution in [0, 0.1) is 0 Å². The summed E-state index contributed by atoms with van der Waals surface area (Å²) in [5, 5.41) is 9.63. The monoisotopic (exact) mass is 239 g/mol. The van der Waals surface area contributed by atoms with E-state index in [2.05, 4.69) is 0 Å². The molecular formula is C8H13BF3NO3. The van der Waals surface area contributed by atoms with Gasteiger partial charge >= 0.3 is 12.1 Å². The third kappa shape index (κ3) is 2.03. The number of methoxy groups -OCH3 is 1. The van der Waals surface area contributed by atoms with Crippen LogP contribution in [-0.4, -0.2) is 61.2 Å². The SMILES string of the molecule is B[C@H]1[C@@H](OC)[C@H](O)[C@@H](C)N1C(=O)C(F)(F)F. The number of aliphatic hydroxyl groups excluding tert-OH is 1. The van der Waals surface area contributed by atoms with E-state index < -0.39 is 36.3 Å². The molecule has 0 spiro atoms. The number of alkyl halides is 3. The van der Waals surface area contributed by atoms with Gasteiger partial charge in [0, 0.05) is 13.1 Å². The Morgan fingerprint density at radius 3 is 2.31 bits per heavy atom. The second-order valence-corrected chi connectivity index (χ2v) is 3.88. The molecule has 0 aromatic rings. The van der Waals surface area contributed by atoms with Crippen molar-refractivity contribution < 1.29 is 27.8 Å². The van der Waals surface area contributed by atoms with E-state index in [1.54, 1.807) is 0 Å². The molecule has 1 saturated heterocycles. The summed E-state index contributed by atoms with van der Waals surface area (Å²) in [7, 11) is 2.71. The van der Waals surface area contributed by atoms with Gasteiger partial charge < -0.3 is 14.7 Å². The Labute approximate surface area is 91.8 Å². The van der Waals surface area contributed by atoms with Gasteiger partial charge in [-0.2, -0.15) is 13.2 Å².